The zero-order chi connectivity index (χ0) is 14.5. The van der Waals surface area contributed by atoms with Crippen LogP contribution in [0.25, 0.3) is 0 Å². The van der Waals surface area contributed by atoms with Gasteiger partial charge in [-0.2, -0.15) is 13.2 Å². The molecule has 0 aromatic carbocycles. The number of carbonyl (C=O) groups excluding carboxylic acids is 1. The van der Waals surface area contributed by atoms with E-state index < -0.39 is 24.5 Å². The number of primary amides is 1. The highest BCUT2D eigenvalue weighted by molar-refractivity contribution is 5.90. The average molecular weight is 276 g/mol. The predicted molar refractivity (Wildman–Crippen MR) is 65.1 cm³/mol. The zero-order valence-electron chi connectivity index (χ0n) is 10.1. The molecule has 1 amide bonds. The van der Waals surface area contributed by atoms with Crippen LogP contribution in [0, 0.1) is 5.92 Å². The van der Waals surface area contributed by atoms with Crippen molar-refractivity contribution < 1.29 is 18.0 Å². The van der Waals surface area contributed by atoms with Crippen molar-refractivity contribution in [3.8, 4) is 0 Å². The number of nitrogens with zero attached hydrogens (tertiary/aromatic N) is 1. The maximum absolute atomic E-state index is 12.0. The van der Waals surface area contributed by atoms with E-state index in [4.69, 9.17) is 5.73 Å². The van der Waals surface area contributed by atoms with Gasteiger partial charge in [-0.3, -0.25) is 9.79 Å². The minimum absolute atomic E-state index is 0.187. The number of hydrogen-bond acceptors (Lipinski definition) is 3. The van der Waals surface area contributed by atoms with E-state index >= 15 is 0 Å². The van der Waals surface area contributed by atoms with E-state index in [2.05, 4.69) is 22.4 Å². The minimum atomic E-state index is -4.23. The van der Waals surface area contributed by atoms with E-state index in [0.717, 1.165) is 6.08 Å². The monoisotopic (exact) mass is 276 g/mol. The Morgan fingerprint density at radius 3 is 2.74 bits per heavy atom. The smallest absolute Gasteiger partial charge is 0.368 e. The third kappa shape index (κ3) is 5.12. The van der Waals surface area contributed by atoms with Gasteiger partial charge in [0, 0.05) is 0 Å². The lowest BCUT2D eigenvalue weighted by Crippen LogP contribution is -2.31. The Labute approximate surface area is 108 Å². The van der Waals surface area contributed by atoms with Crippen LogP contribution in [0.5, 0.6) is 0 Å². The predicted octanol–water partition coefficient (Wildman–Crippen LogP) is 0.657. The van der Waals surface area contributed by atoms with Gasteiger partial charge in [0.2, 0.25) is 5.91 Å². The second kappa shape index (κ2) is 6.37. The van der Waals surface area contributed by atoms with Crippen LogP contribution in [0.3, 0.4) is 0 Å². The van der Waals surface area contributed by atoms with Crippen molar-refractivity contribution in [3.05, 3.63) is 24.8 Å². The Hall–Kier alpha value is -1.83. The fourth-order valence-electron chi connectivity index (χ4n) is 1.58. The topological polar surface area (TPSA) is 79.5 Å². The highest BCUT2D eigenvalue weighted by Crippen LogP contribution is 2.21. The van der Waals surface area contributed by atoms with Gasteiger partial charge in [-0.25, -0.2) is 5.43 Å². The van der Waals surface area contributed by atoms with Crippen LogP contribution < -0.4 is 16.6 Å². The average Bonchev–Trinajstić information content (AvgIpc) is 2.67. The number of amides is 1. The Morgan fingerprint density at radius 2 is 2.21 bits per heavy atom. The number of hydrogen-bond donors (Lipinski definition) is 3. The standard InChI is InChI=1S/C11H15F3N4O/c1-2-7-8(4-3-5-11(12,13)14)17-18-10(7)16-6-9(15)19/h2-4,7-8,17H,1,5-6H2,(H2,15,19)(H,16,18)/b4-3-. The first kappa shape index (κ1) is 15.2. The van der Waals surface area contributed by atoms with Crippen LogP contribution in [0.2, 0.25) is 0 Å². The molecule has 0 aromatic heterocycles. The maximum atomic E-state index is 12.0. The number of amidine groups is 1. The van der Waals surface area contributed by atoms with Crippen molar-refractivity contribution in [3.63, 3.8) is 0 Å². The maximum Gasteiger partial charge on any atom is 0.392 e. The minimum Gasteiger partial charge on any atom is -0.368 e. The molecule has 0 bridgehead atoms. The number of nitrogens with two attached hydrogens (primary N) is 1. The molecule has 0 spiro atoms. The molecule has 1 fully saturated rings. The Bertz CT molecular complexity index is 403. The molecule has 2 atom stereocenters. The first-order valence-corrected chi connectivity index (χ1v) is 5.53. The summed E-state index contributed by atoms with van der Waals surface area (Å²) >= 11 is 0. The number of aliphatic imine (C=N–C) groups is 1. The van der Waals surface area contributed by atoms with Crippen LogP contribution in [0.4, 0.5) is 13.2 Å². The highest BCUT2D eigenvalue weighted by Gasteiger charge is 2.29. The number of alkyl halides is 3. The Balaban J connectivity index is 2.64. The number of hydrazine groups is 1. The van der Waals surface area contributed by atoms with Gasteiger partial charge in [0.15, 0.2) is 0 Å². The largest absolute Gasteiger partial charge is 0.392 e. The zero-order valence-corrected chi connectivity index (χ0v) is 10.1. The number of nitrogens with one attached hydrogen (secondary N) is 2. The molecule has 5 nitrogen and oxygen atoms in total. The van der Waals surface area contributed by atoms with Gasteiger partial charge in [0.05, 0.1) is 18.4 Å². The van der Waals surface area contributed by atoms with E-state index in [-0.39, 0.29) is 12.5 Å². The lowest BCUT2D eigenvalue weighted by atomic mass is 10.0. The molecule has 2 unspecified atom stereocenters. The van der Waals surface area contributed by atoms with Crippen molar-refractivity contribution in [2.24, 2.45) is 16.6 Å². The normalized spacial score (nSPS) is 25.7. The highest BCUT2D eigenvalue weighted by atomic mass is 19.4. The van der Waals surface area contributed by atoms with Gasteiger partial charge in [0.25, 0.3) is 0 Å². The molecule has 4 N–H and O–H groups in total. The first-order valence-electron chi connectivity index (χ1n) is 5.53. The third-order valence-electron chi connectivity index (χ3n) is 2.42. The van der Waals surface area contributed by atoms with Crippen molar-refractivity contribution in [1.82, 2.24) is 10.9 Å². The number of halogens is 3. The number of allylic oxidation sites excluding steroid dienone is 1. The molecular weight excluding hydrogens is 261 g/mol. The summed E-state index contributed by atoms with van der Waals surface area (Å²) < 4.78 is 36.0. The van der Waals surface area contributed by atoms with Crippen LogP contribution in [-0.4, -0.2) is 30.5 Å². The molecule has 8 heteroatoms. The summed E-state index contributed by atoms with van der Waals surface area (Å²) in [7, 11) is 0. The summed E-state index contributed by atoms with van der Waals surface area (Å²) in [5, 5.41) is 0. The van der Waals surface area contributed by atoms with Crippen molar-refractivity contribution in [1.29, 1.82) is 0 Å². The lowest BCUT2D eigenvalue weighted by Gasteiger charge is -2.09. The summed E-state index contributed by atoms with van der Waals surface area (Å²) in [6.07, 6.45) is -1.26. The van der Waals surface area contributed by atoms with E-state index in [1.165, 1.54) is 12.2 Å². The number of rotatable bonds is 5. The molecule has 106 valence electrons. The van der Waals surface area contributed by atoms with Crippen LogP contribution in [0.15, 0.2) is 29.8 Å². The number of carbonyl (C=O) groups is 1. The summed E-state index contributed by atoms with van der Waals surface area (Å²) in [5.41, 5.74) is 10.4. The van der Waals surface area contributed by atoms with E-state index in [1.807, 2.05) is 0 Å². The van der Waals surface area contributed by atoms with Gasteiger partial charge in [-0.15, -0.1) is 6.58 Å². The molecule has 0 aliphatic carbocycles. The summed E-state index contributed by atoms with van der Waals surface area (Å²) in [6.45, 7) is 3.41. The molecule has 0 saturated carbocycles. The second-order valence-electron chi connectivity index (χ2n) is 3.97. The summed E-state index contributed by atoms with van der Waals surface area (Å²) in [6, 6.07) is -0.397. The molecular formula is C11H15F3N4O. The molecule has 1 rings (SSSR count). The van der Waals surface area contributed by atoms with Gasteiger partial charge >= 0.3 is 6.18 Å². The van der Waals surface area contributed by atoms with E-state index in [0.29, 0.717) is 5.84 Å². The summed E-state index contributed by atoms with van der Waals surface area (Å²) in [4.78, 5) is 14.5. The Kier molecular flexibility index (Phi) is 5.11. The molecule has 0 aromatic rings. The van der Waals surface area contributed by atoms with Crippen LogP contribution >= 0.6 is 0 Å². The summed E-state index contributed by atoms with van der Waals surface area (Å²) in [5.74, 6) is -0.493. The van der Waals surface area contributed by atoms with Gasteiger partial charge in [-0.05, 0) is 0 Å². The fourth-order valence-corrected chi connectivity index (χ4v) is 1.58. The quantitative estimate of drug-likeness (QED) is 0.645. The van der Waals surface area contributed by atoms with Gasteiger partial charge in [0.1, 0.15) is 12.4 Å². The third-order valence-corrected chi connectivity index (χ3v) is 2.42. The first-order chi connectivity index (χ1) is 8.83. The second-order valence-corrected chi connectivity index (χ2v) is 3.97. The molecule has 1 aliphatic rings. The van der Waals surface area contributed by atoms with Gasteiger partial charge < -0.3 is 11.2 Å². The Morgan fingerprint density at radius 1 is 1.53 bits per heavy atom. The lowest BCUT2D eigenvalue weighted by molar-refractivity contribution is -0.125. The van der Waals surface area contributed by atoms with Gasteiger partial charge in [-0.1, -0.05) is 18.2 Å². The SMILES string of the molecule is C=CC1C(=NCC(N)=O)NNC1/C=C\CC(F)(F)F. The molecule has 1 saturated heterocycles. The van der Waals surface area contributed by atoms with Crippen LogP contribution in [-0.2, 0) is 4.79 Å². The van der Waals surface area contributed by atoms with Crippen LogP contribution in [0.1, 0.15) is 6.42 Å². The van der Waals surface area contributed by atoms with Crippen molar-refractivity contribution in [2.45, 2.75) is 18.6 Å². The molecule has 19 heavy (non-hydrogen) atoms. The molecule has 1 heterocycles. The molecule has 1 aliphatic heterocycles. The van der Waals surface area contributed by atoms with E-state index in [1.54, 1.807) is 0 Å². The molecule has 0 radical (unpaired) electrons. The fraction of sp³-hybridized carbons (Fsp3) is 0.455. The van der Waals surface area contributed by atoms with E-state index in [9.17, 15) is 18.0 Å². The van der Waals surface area contributed by atoms with Crippen molar-refractivity contribution in [2.75, 3.05) is 6.54 Å². The van der Waals surface area contributed by atoms with Crippen molar-refractivity contribution >= 4 is 11.7 Å².